The largest absolute Gasteiger partial charge is 4.00 e. The molecule has 0 spiro atoms. The average Bonchev–Trinajstić information content (AvgIpc) is 1.92. The van der Waals surface area contributed by atoms with Crippen molar-refractivity contribution in [2.75, 3.05) is 0 Å². The van der Waals surface area contributed by atoms with Crippen molar-refractivity contribution in [1.82, 2.24) is 0 Å². The number of hydrogen-bond acceptors (Lipinski definition) is 8. The normalized spacial score (nSPS) is 2.15. The summed E-state index contributed by atoms with van der Waals surface area (Å²) in [6.45, 7) is 0. The Morgan fingerprint density at radius 2 is 0.538 bits per heavy atom. The number of nitrogens with zero attached hydrogens (tertiary/aromatic N) is 4. The Labute approximate surface area is 86.5 Å². The number of hydrogen-bond donors (Lipinski definition) is 0. The van der Waals surface area contributed by atoms with Gasteiger partial charge < -0.3 is 20.4 Å². The topological polar surface area (TPSA) is 187 Å². The van der Waals surface area contributed by atoms with Gasteiger partial charge in [0, 0.05) is 25.0 Å². The fraction of sp³-hybridized carbons (Fsp3) is 0. The SMILES string of the molecule is N#C[O-].N#C[O-].N#C[O-].N#C[O-].[Ru+4]. The minimum atomic E-state index is 0. The van der Waals surface area contributed by atoms with Crippen LogP contribution < -0.4 is 20.4 Å². The molecular weight excluding hydrogens is 269 g/mol. The van der Waals surface area contributed by atoms with Crippen LogP contribution in [0.1, 0.15) is 0 Å². The molecule has 0 bridgehead atoms. The van der Waals surface area contributed by atoms with Crippen LogP contribution in [-0.4, -0.2) is 0 Å². The predicted molar refractivity (Wildman–Crippen MR) is 22.5 cm³/mol. The second kappa shape index (κ2) is 237. The summed E-state index contributed by atoms with van der Waals surface area (Å²) in [6.07, 6.45) is 2.00. The molecule has 0 aliphatic heterocycles. The van der Waals surface area contributed by atoms with E-state index in [4.69, 9.17) is 41.5 Å². The molecule has 0 saturated heterocycles. The van der Waals surface area contributed by atoms with E-state index in [1.807, 2.05) is 0 Å². The summed E-state index contributed by atoms with van der Waals surface area (Å²) in [4.78, 5) is 0. The van der Waals surface area contributed by atoms with E-state index < -0.39 is 0 Å². The zero-order valence-corrected chi connectivity index (χ0v) is 7.51. The second-order valence-corrected chi connectivity index (χ2v) is 0.365. The molecular formula is C4N4O4Ru. The summed E-state index contributed by atoms with van der Waals surface area (Å²) in [6, 6.07) is 0. The average molecular weight is 269 g/mol. The molecule has 0 aromatic rings. The number of nitriles is 4. The van der Waals surface area contributed by atoms with Gasteiger partial charge in [0.15, 0.2) is 0 Å². The predicted octanol–water partition coefficient (Wildman–Crippen LogP) is -4.69. The van der Waals surface area contributed by atoms with Gasteiger partial charge in [-0.2, -0.15) is 0 Å². The van der Waals surface area contributed by atoms with E-state index in [9.17, 15) is 0 Å². The molecule has 0 atom stereocenters. The van der Waals surface area contributed by atoms with Crippen molar-refractivity contribution in [1.29, 1.82) is 21.0 Å². The molecule has 0 amide bonds. The molecule has 0 radical (unpaired) electrons. The van der Waals surface area contributed by atoms with Crippen molar-refractivity contribution >= 4 is 0 Å². The van der Waals surface area contributed by atoms with Gasteiger partial charge in [-0.15, -0.1) is 0 Å². The van der Waals surface area contributed by atoms with Crippen molar-refractivity contribution in [3.05, 3.63) is 0 Å². The maximum absolute atomic E-state index is 8.24. The first-order chi connectivity index (χ1) is 5.66. The summed E-state index contributed by atoms with van der Waals surface area (Å²) in [5, 5.41) is 60.0. The van der Waals surface area contributed by atoms with Crippen LogP contribution in [0.4, 0.5) is 0 Å². The van der Waals surface area contributed by atoms with Crippen molar-refractivity contribution in [3.63, 3.8) is 0 Å². The summed E-state index contributed by atoms with van der Waals surface area (Å²) >= 11 is 0. The smallest absolute Gasteiger partial charge is 0.812 e. The minimum Gasteiger partial charge on any atom is -0.812 e. The first-order valence-corrected chi connectivity index (χ1v) is 1.71. The Bertz CT molecular complexity index is 158. The number of rotatable bonds is 0. The molecule has 68 valence electrons. The molecule has 0 N–H and O–H groups in total. The van der Waals surface area contributed by atoms with Crippen LogP contribution in [0.15, 0.2) is 0 Å². The molecule has 0 unspecified atom stereocenters. The van der Waals surface area contributed by atoms with E-state index >= 15 is 0 Å². The van der Waals surface area contributed by atoms with Crippen molar-refractivity contribution in [2.45, 2.75) is 0 Å². The molecule has 0 aliphatic rings. The zero-order chi connectivity index (χ0) is 10.8. The summed E-state index contributed by atoms with van der Waals surface area (Å²) in [5.74, 6) is 0. The van der Waals surface area contributed by atoms with E-state index in [1.54, 1.807) is 0 Å². The maximum atomic E-state index is 8.24. The van der Waals surface area contributed by atoms with E-state index in [1.165, 1.54) is 0 Å². The van der Waals surface area contributed by atoms with Crippen LogP contribution in [0.5, 0.6) is 0 Å². The quantitative estimate of drug-likeness (QED) is 0.309. The third-order valence-electron chi connectivity index (χ3n) is 0. The van der Waals surface area contributed by atoms with Crippen LogP contribution in [0.25, 0.3) is 0 Å². The molecule has 0 heterocycles. The van der Waals surface area contributed by atoms with Gasteiger partial charge in [-0.3, -0.25) is 0 Å². The molecule has 0 saturated carbocycles. The fourth-order valence-corrected chi connectivity index (χ4v) is 0. The Kier molecular flexibility index (Phi) is 563. The fourth-order valence-electron chi connectivity index (χ4n) is 0. The van der Waals surface area contributed by atoms with Crippen LogP contribution in [-0.2, 0) is 19.5 Å². The first kappa shape index (κ1) is 30.9. The van der Waals surface area contributed by atoms with E-state index in [0.29, 0.717) is 25.0 Å². The van der Waals surface area contributed by atoms with Crippen LogP contribution >= 0.6 is 0 Å². The van der Waals surface area contributed by atoms with Gasteiger partial charge in [0.25, 0.3) is 0 Å². The molecule has 0 fully saturated rings. The summed E-state index contributed by atoms with van der Waals surface area (Å²) < 4.78 is 0. The van der Waals surface area contributed by atoms with Gasteiger partial charge in [0.05, 0.1) is 0 Å². The maximum Gasteiger partial charge on any atom is 4.00 e. The Hall–Kier alpha value is -2.22. The van der Waals surface area contributed by atoms with Crippen molar-refractivity contribution < 1.29 is 39.9 Å². The van der Waals surface area contributed by atoms with Gasteiger partial charge in [-0.25, -0.2) is 21.0 Å². The van der Waals surface area contributed by atoms with Gasteiger partial charge in [-0.1, -0.05) is 0 Å². The standard InChI is InChI=1S/4CHNO.Ru/c4*2-1-3;/h4*3H;/q;;;;+4/p-4. The Morgan fingerprint density at radius 3 is 0.538 bits per heavy atom. The Balaban J connectivity index is -0.0000000213. The van der Waals surface area contributed by atoms with Crippen LogP contribution in [0.2, 0.25) is 0 Å². The minimum absolute atomic E-state index is 0. The van der Waals surface area contributed by atoms with Crippen LogP contribution in [0.3, 0.4) is 0 Å². The monoisotopic (exact) mass is 270 g/mol. The van der Waals surface area contributed by atoms with E-state index in [-0.39, 0.29) is 19.5 Å². The van der Waals surface area contributed by atoms with Gasteiger partial charge in [0.2, 0.25) is 0 Å². The molecule has 0 rings (SSSR count). The van der Waals surface area contributed by atoms with Crippen molar-refractivity contribution in [2.24, 2.45) is 0 Å². The second-order valence-electron chi connectivity index (χ2n) is 0.365. The molecule has 0 aromatic heterocycles. The van der Waals surface area contributed by atoms with E-state index in [2.05, 4.69) is 0 Å². The van der Waals surface area contributed by atoms with Crippen LogP contribution in [0, 0.1) is 46.1 Å². The third kappa shape index (κ3) is 121. The molecule has 0 aliphatic carbocycles. The van der Waals surface area contributed by atoms with Gasteiger partial charge in [0.1, 0.15) is 0 Å². The molecule has 0 aromatic carbocycles. The summed E-state index contributed by atoms with van der Waals surface area (Å²) in [5.41, 5.74) is 0. The van der Waals surface area contributed by atoms with Gasteiger partial charge >= 0.3 is 19.5 Å². The zero-order valence-electron chi connectivity index (χ0n) is 5.78. The molecule has 8 nitrogen and oxygen atoms in total. The first-order valence-electron chi connectivity index (χ1n) is 1.71. The molecule has 9 heteroatoms. The van der Waals surface area contributed by atoms with Gasteiger partial charge in [-0.05, 0) is 0 Å². The Morgan fingerprint density at radius 1 is 0.538 bits per heavy atom. The molecule has 13 heavy (non-hydrogen) atoms. The van der Waals surface area contributed by atoms with Crippen molar-refractivity contribution in [3.8, 4) is 25.0 Å². The summed E-state index contributed by atoms with van der Waals surface area (Å²) in [7, 11) is 0. The van der Waals surface area contributed by atoms with E-state index in [0.717, 1.165) is 0 Å². The third-order valence-corrected chi connectivity index (χ3v) is 0.